The molecule has 0 radical (unpaired) electrons. The summed E-state index contributed by atoms with van der Waals surface area (Å²) in [6, 6.07) is 13.7. The number of nitrogens with one attached hydrogen (secondary N) is 2. The third-order valence-corrected chi connectivity index (χ3v) is 6.58. The van der Waals surface area contributed by atoms with E-state index in [0.29, 0.717) is 16.4 Å². The molecule has 3 aromatic rings. The van der Waals surface area contributed by atoms with Crippen molar-refractivity contribution in [2.24, 2.45) is 0 Å². The second-order valence-corrected chi connectivity index (χ2v) is 8.74. The number of rotatable bonds is 6. The van der Waals surface area contributed by atoms with Crippen molar-refractivity contribution >= 4 is 62.4 Å². The van der Waals surface area contributed by atoms with Crippen LogP contribution in [0, 0.1) is 0 Å². The Balaban J connectivity index is 1.58. The summed E-state index contributed by atoms with van der Waals surface area (Å²) in [5, 5.41) is 17.6. The fourth-order valence-electron chi connectivity index (χ4n) is 3.09. The molecule has 2 heterocycles. The van der Waals surface area contributed by atoms with E-state index >= 15 is 0 Å². The zero-order chi connectivity index (χ0) is 20.2. The molecule has 1 fully saturated rings. The summed E-state index contributed by atoms with van der Waals surface area (Å²) in [7, 11) is 0. The summed E-state index contributed by atoms with van der Waals surface area (Å²) in [4.78, 5) is 31.0. The fourth-order valence-corrected chi connectivity index (χ4v) is 4.98. The summed E-state index contributed by atoms with van der Waals surface area (Å²) in [6.07, 6.45) is 0. The van der Waals surface area contributed by atoms with Gasteiger partial charge in [0.15, 0.2) is 10.9 Å². The van der Waals surface area contributed by atoms with Crippen LogP contribution in [-0.2, 0) is 4.79 Å². The second kappa shape index (κ2) is 8.71. The summed E-state index contributed by atoms with van der Waals surface area (Å²) in [6.45, 7) is 1.43. The van der Waals surface area contributed by atoms with E-state index < -0.39 is 5.97 Å². The van der Waals surface area contributed by atoms with E-state index in [0.717, 1.165) is 40.5 Å². The molecule has 7 nitrogen and oxygen atoms in total. The van der Waals surface area contributed by atoms with Crippen LogP contribution in [0.5, 0.6) is 0 Å². The fraction of sp³-hybridized carbons (Fsp3) is 0.250. The molecule has 1 saturated heterocycles. The highest BCUT2D eigenvalue weighted by atomic mass is 32.2. The lowest BCUT2D eigenvalue weighted by Gasteiger charge is -2.25. The molecule has 9 heteroatoms. The number of anilines is 3. The molecule has 0 saturated carbocycles. The number of benzene rings is 2. The number of thioether (sulfide) groups is 1. The van der Waals surface area contributed by atoms with E-state index in [9.17, 15) is 9.59 Å². The van der Waals surface area contributed by atoms with Gasteiger partial charge in [0.25, 0.3) is 5.91 Å². The average Bonchev–Trinajstić information content (AvgIpc) is 3.17. The summed E-state index contributed by atoms with van der Waals surface area (Å²) in [5.74, 6) is 1.02. The van der Waals surface area contributed by atoms with Gasteiger partial charge in [-0.15, -0.1) is 0 Å². The summed E-state index contributed by atoms with van der Waals surface area (Å²) < 4.78 is 0. The van der Waals surface area contributed by atoms with Gasteiger partial charge in [0.05, 0.1) is 0 Å². The molecule has 150 valence electrons. The van der Waals surface area contributed by atoms with Crippen molar-refractivity contribution in [3.8, 4) is 0 Å². The molecule has 2 aromatic carbocycles. The van der Waals surface area contributed by atoms with Crippen LogP contribution in [0.2, 0.25) is 0 Å². The molecule has 0 spiro atoms. The number of carboxylic acid groups (broad SMARTS) is 1. The van der Waals surface area contributed by atoms with Gasteiger partial charge >= 0.3 is 5.97 Å². The minimum atomic E-state index is -1.00. The Bertz CT molecular complexity index is 1050. The SMILES string of the molecule is O=C(O)CNc1nc(N2CCSCC2)sc1C(=O)Nc1ccc2ccccc2c1. The molecule has 1 aromatic heterocycles. The monoisotopic (exact) mass is 428 g/mol. The molecule has 1 aliphatic heterocycles. The lowest BCUT2D eigenvalue weighted by atomic mass is 10.1. The van der Waals surface area contributed by atoms with Crippen molar-refractivity contribution in [2.75, 3.05) is 46.7 Å². The highest BCUT2D eigenvalue weighted by molar-refractivity contribution is 7.99. The standard InChI is InChI=1S/C20H20N4O3S2/c25-16(26)12-21-18-17(29-20(23-18)24-7-9-28-10-8-24)19(27)22-15-6-5-13-3-1-2-4-14(13)11-15/h1-6,11,21H,7-10,12H2,(H,22,27)(H,25,26). The number of carbonyl (C=O) groups is 2. The van der Waals surface area contributed by atoms with Gasteiger partial charge in [-0.05, 0) is 22.9 Å². The van der Waals surface area contributed by atoms with Crippen LogP contribution in [0.1, 0.15) is 9.67 Å². The van der Waals surface area contributed by atoms with E-state index in [1.54, 1.807) is 0 Å². The van der Waals surface area contributed by atoms with Crippen molar-refractivity contribution < 1.29 is 14.7 Å². The predicted octanol–water partition coefficient (Wildman–Crippen LogP) is 3.60. The minimum Gasteiger partial charge on any atom is -0.480 e. The molecule has 29 heavy (non-hydrogen) atoms. The second-order valence-electron chi connectivity index (χ2n) is 6.54. The number of amides is 1. The Morgan fingerprint density at radius 3 is 2.62 bits per heavy atom. The van der Waals surface area contributed by atoms with Crippen LogP contribution in [0.4, 0.5) is 16.6 Å². The van der Waals surface area contributed by atoms with Crippen molar-refractivity contribution in [1.29, 1.82) is 0 Å². The first-order valence-electron chi connectivity index (χ1n) is 9.19. The molecular weight excluding hydrogens is 408 g/mol. The first kappa shape index (κ1) is 19.5. The molecule has 4 rings (SSSR count). The first-order valence-corrected chi connectivity index (χ1v) is 11.2. The number of carboxylic acids is 1. The molecular formula is C20H20N4O3S2. The van der Waals surface area contributed by atoms with Gasteiger partial charge in [-0.3, -0.25) is 9.59 Å². The van der Waals surface area contributed by atoms with Gasteiger partial charge in [-0.25, -0.2) is 4.98 Å². The maximum absolute atomic E-state index is 13.0. The third-order valence-electron chi connectivity index (χ3n) is 4.52. The molecule has 1 aliphatic rings. The lowest BCUT2D eigenvalue weighted by molar-refractivity contribution is -0.134. The van der Waals surface area contributed by atoms with E-state index in [1.165, 1.54) is 11.3 Å². The van der Waals surface area contributed by atoms with Gasteiger partial charge in [-0.2, -0.15) is 11.8 Å². The molecule has 3 N–H and O–H groups in total. The number of hydrogen-bond acceptors (Lipinski definition) is 7. The number of fused-ring (bicyclic) bond motifs is 1. The molecule has 1 amide bonds. The van der Waals surface area contributed by atoms with Crippen molar-refractivity contribution in [2.45, 2.75) is 0 Å². The van der Waals surface area contributed by atoms with Gasteiger partial charge in [0, 0.05) is 30.3 Å². The van der Waals surface area contributed by atoms with Gasteiger partial charge in [0.2, 0.25) is 0 Å². The molecule has 0 unspecified atom stereocenters. The number of thiazole rings is 1. The number of aromatic nitrogens is 1. The summed E-state index contributed by atoms with van der Waals surface area (Å²) in [5.41, 5.74) is 0.683. The largest absolute Gasteiger partial charge is 0.480 e. The molecule has 0 bridgehead atoms. The van der Waals surface area contributed by atoms with Crippen molar-refractivity contribution in [3.05, 3.63) is 47.3 Å². The maximum Gasteiger partial charge on any atom is 0.322 e. The van der Waals surface area contributed by atoms with E-state index in [1.807, 2.05) is 54.2 Å². The maximum atomic E-state index is 13.0. The van der Waals surface area contributed by atoms with Crippen molar-refractivity contribution in [1.82, 2.24) is 4.98 Å². The van der Waals surface area contributed by atoms with Crippen LogP contribution >= 0.6 is 23.1 Å². The van der Waals surface area contributed by atoms with Crippen LogP contribution < -0.4 is 15.5 Å². The van der Waals surface area contributed by atoms with E-state index in [-0.39, 0.29) is 12.5 Å². The zero-order valence-electron chi connectivity index (χ0n) is 15.6. The van der Waals surface area contributed by atoms with Crippen LogP contribution in [0.15, 0.2) is 42.5 Å². The predicted molar refractivity (Wildman–Crippen MR) is 120 cm³/mol. The molecule has 0 aliphatic carbocycles. The van der Waals surface area contributed by atoms with Gasteiger partial charge in [-0.1, -0.05) is 41.7 Å². The normalized spacial score (nSPS) is 14.0. The average molecular weight is 429 g/mol. The Kier molecular flexibility index (Phi) is 5.86. The highest BCUT2D eigenvalue weighted by Crippen LogP contribution is 2.32. The van der Waals surface area contributed by atoms with E-state index in [4.69, 9.17) is 5.11 Å². The Labute approximate surface area is 176 Å². The van der Waals surface area contributed by atoms with Crippen LogP contribution in [-0.4, -0.2) is 53.1 Å². The van der Waals surface area contributed by atoms with E-state index in [2.05, 4.69) is 20.5 Å². The van der Waals surface area contributed by atoms with Gasteiger partial charge < -0.3 is 20.6 Å². The number of carbonyl (C=O) groups excluding carboxylic acids is 1. The Hall–Kier alpha value is -2.78. The molecule has 0 atom stereocenters. The first-order chi connectivity index (χ1) is 14.1. The van der Waals surface area contributed by atoms with Crippen LogP contribution in [0.25, 0.3) is 10.8 Å². The topological polar surface area (TPSA) is 94.6 Å². The number of hydrogen-bond donors (Lipinski definition) is 3. The van der Waals surface area contributed by atoms with Crippen LogP contribution in [0.3, 0.4) is 0 Å². The third kappa shape index (κ3) is 4.63. The lowest BCUT2D eigenvalue weighted by Crippen LogP contribution is -2.32. The van der Waals surface area contributed by atoms with Gasteiger partial charge in [0.1, 0.15) is 11.4 Å². The van der Waals surface area contributed by atoms with Crippen molar-refractivity contribution in [3.63, 3.8) is 0 Å². The quantitative estimate of drug-likeness (QED) is 0.552. The smallest absolute Gasteiger partial charge is 0.322 e. The highest BCUT2D eigenvalue weighted by Gasteiger charge is 2.23. The zero-order valence-corrected chi connectivity index (χ0v) is 17.2. The number of nitrogens with zero attached hydrogens (tertiary/aromatic N) is 2. The Morgan fingerprint density at radius 2 is 1.86 bits per heavy atom. The minimum absolute atomic E-state index is 0.296. The number of aliphatic carboxylic acids is 1. The summed E-state index contributed by atoms with van der Waals surface area (Å²) >= 11 is 3.18. The Morgan fingerprint density at radius 1 is 1.10 bits per heavy atom.